The third kappa shape index (κ3) is 3.20. The molecule has 3 rings (SSSR count). The van der Waals surface area contributed by atoms with Gasteiger partial charge in [0.15, 0.2) is 0 Å². The summed E-state index contributed by atoms with van der Waals surface area (Å²) in [5.74, 6) is -0.910. The van der Waals surface area contributed by atoms with E-state index in [1.807, 2.05) is 30.3 Å². The zero-order valence-corrected chi connectivity index (χ0v) is 12.6. The second-order valence-electron chi connectivity index (χ2n) is 5.75. The Kier molecular flexibility index (Phi) is 4.53. The quantitative estimate of drug-likeness (QED) is 0.943. The maximum Gasteiger partial charge on any atom is 0.339 e. The van der Waals surface area contributed by atoms with Crippen molar-refractivity contribution in [3.8, 4) is 5.69 Å². The van der Waals surface area contributed by atoms with E-state index < -0.39 is 5.97 Å². The lowest BCUT2D eigenvalue weighted by molar-refractivity contribution is 0.0694. The Balaban J connectivity index is 1.93. The highest BCUT2D eigenvalue weighted by Gasteiger charge is 2.20. The van der Waals surface area contributed by atoms with Gasteiger partial charge in [-0.25, -0.2) is 9.48 Å². The fourth-order valence-electron chi connectivity index (χ4n) is 3.00. The van der Waals surface area contributed by atoms with Crippen LogP contribution in [0.2, 0.25) is 0 Å². The summed E-state index contributed by atoms with van der Waals surface area (Å²) in [7, 11) is 0. The van der Waals surface area contributed by atoms with Gasteiger partial charge in [0.2, 0.25) is 0 Å². The first-order chi connectivity index (χ1) is 10.8. The first kappa shape index (κ1) is 14.8. The maximum absolute atomic E-state index is 11.5. The molecule has 1 aromatic carbocycles. The normalized spacial score (nSPS) is 16.4. The van der Waals surface area contributed by atoms with Gasteiger partial charge in [0.05, 0.1) is 17.6 Å². The SMILES string of the molecule is O=C(O)c1cnn(-c2ccccc2)c1CN1CCCCCC1. The van der Waals surface area contributed by atoms with E-state index >= 15 is 0 Å². The molecule has 116 valence electrons. The summed E-state index contributed by atoms with van der Waals surface area (Å²) < 4.78 is 1.76. The Morgan fingerprint density at radius 3 is 2.41 bits per heavy atom. The van der Waals surface area contributed by atoms with Gasteiger partial charge in [0.25, 0.3) is 0 Å². The molecular formula is C17H21N3O2. The van der Waals surface area contributed by atoms with Gasteiger partial charge >= 0.3 is 5.97 Å². The van der Waals surface area contributed by atoms with Crippen molar-refractivity contribution in [2.75, 3.05) is 13.1 Å². The van der Waals surface area contributed by atoms with E-state index in [1.54, 1.807) is 4.68 Å². The van der Waals surface area contributed by atoms with Crippen LogP contribution in [0.1, 0.15) is 41.7 Å². The number of benzene rings is 1. The number of likely N-dealkylation sites (tertiary alicyclic amines) is 1. The lowest BCUT2D eigenvalue weighted by atomic mass is 10.2. The van der Waals surface area contributed by atoms with Crippen molar-refractivity contribution in [3.63, 3.8) is 0 Å². The summed E-state index contributed by atoms with van der Waals surface area (Å²) in [5.41, 5.74) is 1.97. The predicted octanol–water partition coefficient (Wildman–Crippen LogP) is 2.95. The first-order valence-electron chi connectivity index (χ1n) is 7.83. The van der Waals surface area contributed by atoms with Crippen molar-refractivity contribution in [2.45, 2.75) is 32.2 Å². The van der Waals surface area contributed by atoms with Crippen LogP contribution < -0.4 is 0 Å². The van der Waals surface area contributed by atoms with Crippen LogP contribution in [0.25, 0.3) is 5.69 Å². The molecule has 1 saturated heterocycles. The smallest absolute Gasteiger partial charge is 0.339 e. The molecule has 0 saturated carbocycles. The number of nitrogens with zero attached hydrogens (tertiary/aromatic N) is 3. The van der Waals surface area contributed by atoms with Gasteiger partial charge in [-0.2, -0.15) is 5.10 Å². The van der Waals surface area contributed by atoms with Gasteiger partial charge in [0, 0.05) is 6.54 Å². The summed E-state index contributed by atoms with van der Waals surface area (Å²) in [6.45, 7) is 2.69. The fraction of sp³-hybridized carbons (Fsp3) is 0.412. The molecule has 5 heteroatoms. The van der Waals surface area contributed by atoms with Gasteiger partial charge in [-0.3, -0.25) is 4.90 Å². The second kappa shape index (κ2) is 6.75. The maximum atomic E-state index is 11.5. The van der Waals surface area contributed by atoms with Crippen LogP contribution in [0.5, 0.6) is 0 Å². The molecule has 5 nitrogen and oxygen atoms in total. The van der Waals surface area contributed by atoms with Crippen LogP contribution in [-0.4, -0.2) is 38.8 Å². The van der Waals surface area contributed by atoms with E-state index in [2.05, 4.69) is 10.00 Å². The van der Waals surface area contributed by atoms with Gasteiger partial charge in [0.1, 0.15) is 5.56 Å². The number of aromatic nitrogens is 2. The number of hydrogen-bond acceptors (Lipinski definition) is 3. The van der Waals surface area contributed by atoms with Gasteiger partial charge in [-0.1, -0.05) is 31.0 Å². The summed E-state index contributed by atoms with van der Waals surface area (Å²) in [6, 6.07) is 9.72. The van der Waals surface area contributed by atoms with Crippen molar-refractivity contribution in [1.29, 1.82) is 0 Å². The van der Waals surface area contributed by atoms with Gasteiger partial charge in [-0.15, -0.1) is 0 Å². The number of carboxylic acids is 1. The Morgan fingerprint density at radius 1 is 1.09 bits per heavy atom. The molecule has 1 aliphatic rings. The van der Waals surface area contributed by atoms with E-state index in [-0.39, 0.29) is 0 Å². The monoisotopic (exact) mass is 299 g/mol. The minimum Gasteiger partial charge on any atom is -0.478 e. The van der Waals surface area contributed by atoms with Crippen molar-refractivity contribution in [1.82, 2.24) is 14.7 Å². The van der Waals surface area contributed by atoms with Crippen LogP contribution in [0, 0.1) is 0 Å². The molecule has 0 radical (unpaired) electrons. The lowest BCUT2D eigenvalue weighted by Crippen LogP contribution is -2.26. The minimum absolute atomic E-state index is 0.299. The highest BCUT2D eigenvalue weighted by Crippen LogP contribution is 2.19. The van der Waals surface area contributed by atoms with E-state index in [9.17, 15) is 9.90 Å². The van der Waals surface area contributed by atoms with Gasteiger partial charge in [-0.05, 0) is 38.1 Å². The molecule has 1 N–H and O–H groups in total. The zero-order chi connectivity index (χ0) is 15.4. The Bertz CT molecular complexity index is 629. The minimum atomic E-state index is -0.910. The molecule has 1 aliphatic heterocycles. The molecule has 2 heterocycles. The number of hydrogen-bond donors (Lipinski definition) is 1. The molecule has 0 amide bonds. The van der Waals surface area contributed by atoms with Crippen LogP contribution in [0.4, 0.5) is 0 Å². The number of aromatic carboxylic acids is 1. The van der Waals surface area contributed by atoms with E-state index in [0.29, 0.717) is 12.1 Å². The molecule has 0 bridgehead atoms. The van der Waals surface area contributed by atoms with Crippen LogP contribution in [-0.2, 0) is 6.54 Å². The molecule has 2 aromatic rings. The first-order valence-corrected chi connectivity index (χ1v) is 7.83. The van der Waals surface area contributed by atoms with Crippen LogP contribution in [0.3, 0.4) is 0 Å². The van der Waals surface area contributed by atoms with Gasteiger partial charge < -0.3 is 5.11 Å². The van der Waals surface area contributed by atoms with Crippen LogP contribution in [0.15, 0.2) is 36.5 Å². The predicted molar refractivity (Wildman–Crippen MR) is 84.3 cm³/mol. The molecule has 1 aromatic heterocycles. The highest BCUT2D eigenvalue weighted by molar-refractivity contribution is 5.88. The van der Waals surface area contributed by atoms with E-state index in [0.717, 1.165) is 24.5 Å². The zero-order valence-electron chi connectivity index (χ0n) is 12.6. The third-order valence-electron chi connectivity index (χ3n) is 4.17. The van der Waals surface area contributed by atoms with Crippen molar-refractivity contribution >= 4 is 5.97 Å². The Hall–Kier alpha value is -2.14. The number of carboxylic acid groups (broad SMARTS) is 1. The standard InChI is InChI=1S/C17H21N3O2/c21-17(22)15-12-18-20(14-8-4-3-5-9-14)16(15)13-19-10-6-1-2-7-11-19/h3-5,8-9,12H,1-2,6-7,10-11,13H2,(H,21,22). The number of rotatable bonds is 4. The molecule has 0 atom stereocenters. The topological polar surface area (TPSA) is 58.4 Å². The second-order valence-corrected chi connectivity index (χ2v) is 5.75. The van der Waals surface area contributed by atoms with Crippen molar-refractivity contribution < 1.29 is 9.90 Å². The molecular weight excluding hydrogens is 278 g/mol. The summed E-state index contributed by atoms with van der Waals surface area (Å²) >= 11 is 0. The molecule has 22 heavy (non-hydrogen) atoms. The Morgan fingerprint density at radius 2 is 1.77 bits per heavy atom. The molecule has 1 fully saturated rings. The average Bonchev–Trinajstić information content (AvgIpc) is 2.77. The number of para-hydroxylation sites is 1. The third-order valence-corrected chi connectivity index (χ3v) is 4.17. The van der Waals surface area contributed by atoms with E-state index in [4.69, 9.17) is 0 Å². The van der Waals surface area contributed by atoms with Crippen molar-refractivity contribution in [3.05, 3.63) is 47.8 Å². The molecule has 0 aliphatic carbocycles. The largest absolute Gasteiger partial charge is 0.478 e. The Labute approximate surface area is 130 Å². The lowest BCUT2D eigenvalue weighted by Gasteiger charge is -2.20. The van der Waals surface area contributed by atoms with E-state index in [1.165, 1.54) is 31.9 Å². The average molecular weight is 299 g/mol. The summed E-state index contributed by atoms with van der Waals surface area (Å²) in [4.78, 5) is 13.8. The van der Waals surface area contributed by atoms with Crippen molar-refractivity contribution in [2.24, 2.45) is 0 Å². The molecule has 0 unspecified atom stereocenters. The fourth-order valence-corrected chi connectivity index (χ4v) is 3.00. The molecule has 0 spiro atoms. The highest BCUT2D eigenvalue weighted by atomic mass is 16.4. The summed E-state index contributed by atoms with van der Waals surface area (Å²) in [6.07, 6.45) is 6.35. The number of carbonyl (C=O) groups is 1. The summed E-state index contributed by atoms with van der Waals surface area (Å²) in [5, 5.41) is 13.7. The van der Waals surface area contributed by atoms with Crippen LogP contribution >= 0.6 is 0 Å².